The van der Waals surface area contributed by atoms with Gasteiger partial charge >= 0.3 is 0 Å². The predicted molar refractivity (Wildman–Crippen MR) is 38.9 cm³/mol. The molecule has 0 saturated carbocycles. The quantitative estimate of drug-likeness (QED) is 0.553. The molecule has 0 aliphatic carbocycles. The van der Waals surface area contributed by atoms with Crippen LogP contribution in [0, 0.1) is 6.92 Å². The predicted octanol–water partition coefficient (Wildman–Crippen LogP) is 1.22. The molecule has 1 nitrogen and oxygen atoms in total. The maximum absolute atomic E-state index is 3.80. The fraction of sp³-hybridized carbons (Fsp3) is 0.833. The van der Waals surface area contributed by atoms with Crippen LogP contribution in [0.4, 0.5) is 0 Å². The van der Waals surface area contributed by atoms with Crippen LogP contribution in [0.5, 0.6) is 0 Å². The minimum atomic E-state index is 1.06. The maximum atomic E-state index is 3.80. The van der Waals surface area contributed by atoms with Crippen LogP contribution in [-0.2, 0) is 0 Å². The first-order valence-corrected chi connectivity index (χ1v) is 4.18. The van der Waals surface area contributed by atoms with Gasteiger partial charge < -0.3 is 0 Å². The second-order valence-electron chi connectivity index (χ2n) is 2.01. The van der Waals surface area contributed by atoms with Gasteiger partial charge in [-0.15, -0.1) is 11.8 Å². The SMILES string of the molecule is [CH2]CCN1CCSC1. The van der Waals surface area contributed by atoms with Crippen molar-refractivity contribution in [2.24, 2.45) is 0 Å². The average molecular weight is 130 g/mol. The Morgan fingerprint density at radius 1 is 1.62 bits per heavy atom. The average Bonchev–Trinajstić information content (AvgIpc) is 2.19. The van der Waals surface area contributed by atoms with Gasteiger partial charge in [0.2, 0.25) is 0 Å². The van der Waals surface area contributed by atoms with E-state index in [2.05, 4.69) is 11.8 Å². The number of nitrogens with zero attached hydrogens (tertiary/aromatic N) is 1. The van der Waals surface area contributed by atoms with Gasteiger partial charge in [0.1, 0.15) is 0 Å². The number of thioether (sulfide) groups is 1. The lowest BCUT2D eigenvalue weighted by Gasteiger charge is -2.10. The summed E-state index contributed by atoms with van der Waals surface area (Å²) in [5.74, 6) is 2.55. The first-order valence-electron chi connectivity index (χ1n) is 3.03. The lowest BCUT2D eigenvalue weighted by atomic mass is 10.4. The Bertz CT molecular complexity index is 59.5. The molecular weight excluding hydrogens is 118 g/mol. The molecule has 0 aromatic heterocycles. The fourth-order valence-electron chi connectivity index (χ4n) is 0.852. The van der Waals surface area contributed by atoms with E-state index in [4.69, 9.17) is 0 Å². The van der Waals surface area contributed by atoms with Gasteiger partial charge in [0.05, 0.1) is 0 Å². The van der Waals surface area contributed by atoms with Crippen molar-refractivity contribution in [2.45, 2.75) is 6.42 Å². The summed E-state index contributed by atoms with van der Waals surface area (Å²) in [6.07, 6.45) is 1.06. The first-order chi connectivity index (χ1) is 3.93. The third kappa shape index (κ3) is 1.67. The molecule has 47 valence electrons. The number of rotatable bonds is 2. The smallest absolute Gasteiger partial charge is 0.0445 e. The largest absolute Gasteiger partial charge is 0.293 e. The van der Waals surface area contributed by atoms with Crippen molar-refractivity contribution >= 4 is 11.8 Å². The van der Waals surface area contributed by atoms with E-state index in [1.165, 1.54) is 24.7 Å². The van der Waals surface area contributed by atoms with Crippen molar-refractivity contribution in [3.05, 3.63) is 6.92 Å². The second-order valence-corrected chi connectivity index (χ2v) is 3.08. The maximum Gasteiger partial charge on any atom is 0.0445 e. The minimum Gasteiger partial charge on any atom is -0.293 e. The summed E-state index contributed by atoms with van der Waals surface area (Å²) in [6, 6.07) is 0. The van der Waals surface area contributed by atoms with Crippen LogP contribution in [0.25, 0.3) is 0 Å². The van der Waals surface area contributed by atoms with Crippen LogP contribution >= 0.6 is 11.8 Å². The van der Waals surface area contributed by atoms with Gasteiger partial charge in [-0.05, 0) is 13.0 Å². The Balaban J connectivity index is 2.06. The van der Waals surface area contributed by atoms with Crippen LogP contribution in [0.2, 0.25) is 0 Å². The Kier molecular flexibility index (Phi) is 2.70. The Labute approximate surface area is 55.4 Å². The Hall–Kier alpha value is 0.310. The molecule has 1 aliphatic rings. The van der Waals surface area contributed by atoms with Gasteiger partial charge in [-0.1, -0.05) is 6.92 Å². The summed E-state index contributed by atoms with van der Waals surface area (Å²) in [5, 5.41) is 0. The molecule has 0 aromatic carbocycles. The highest BCUT2D eigenvalue weighted by Crippen LogP contribution is 2.12. The molecule has 0 atom stereocenters. The van der Waals surface area contributed by atoms with E-state index in [0.717, 1.165) is 6.42 Å². The monoisotopic (exact) mass is 130 g/mol. The van der Waals surface area contributed by atoms with Crippen molar-refractivity contribution in [2.75, 3.05) is 24.7 Å². The van der Waals surface area contributed by atoms with Crippen molar-refractivity contribution in [1.29, 1.82) is 0 Å². The summed E-state index contributed by atoms with van der Waals surface area (Å²) >= 11 is 2.02. The van der Waals surface area contributed by atoms with Gasteiger partial charge in [0.15, 0.2) is 0 Å². The van der Waals surface area contributed by atoms with Crippen LogP contribution in [0.3, 0.4) is 0 Å². The Morgan fingerprint density at radius 2 is 2.50 bits per heavy atom. The van der Waals surface area contributed by atoms with Crippen LogP contribution in [-0.4, -0.2) is 29.6 Å². The van der Waals surface area contributed by atoms with Crippen LogP contribution in [0.15, 0.2) is 0 Å². The van der Waals surface area contributed by atoms with Crippen LogP contribution < -0.4 is 0 Å². The second kappa shape index (κ2) is 3.36. The van der Waals surface area contributed by atoms with E-state index in [1.54, 1.807) is 0 Å². The lowest BCUT2D eigenvalue weighted by Crippen LogP contribution is -2.19. The van der Waals surface area contributed by atoms with E-state index in [9.17, 15) is 0 Å². The first kappa shape index (κ1) is 6.43. The summed E-state index contributed by atoms with van der Waals surface area (Å²) in [6.45, 7) is 6.26. The van der Waals surface area contributed by atoms with Crippen molar-refractivity contribution in [3.8, 4) is 0 Å². The summed E-state index contributed by atoms with van der Waals surface area (Å²) < 4.78 is 0. The molecule has 0 aromatic rings. The van der Waals surface area contributed by atoms with Gasteiger partial charge in [0, 0.05) is 18.2 Å². The number of hydrogen-bond acceptors (Lipinski definition) is 2. The molecule has 1 rings (SSSR count). The molecule has 1 aliphatic heterocycles. The molecule has 0 N–H and O–H groups in total. The summed E-state index contributed by atoms with van der Waals surface area (Å²) in [5.41, 5.74) is 0. The molecule has 8 heavy (non-hydrogen) atoms. The van der Waals surface area contributed by atoms with E-state index < -0.39 is 0 Å². The lowest BCUT2D eigenvalue weighted by molar-refractivity contribution is 0.363. The third-order valence-corrected chi connectivity index (χ3v) is 2.32. The highest BCUT2D eigenvalue weighted by molar-refractivity contribution is 7.99. The van der Waals surface area contributed by atoms with E-state index in [1.807, 2.05) is 11.8 Å². The van der Waals surface area contributed by atoms with Gasteiger partial charge in [-0.3, -0.25) is 4.90 Å². The molecule has 1 heterocycles. The highest BCUT2D eigenvalue weighted by Gasteiger charge is 2.08. The third-order valence-electron chi connectivity index (χ3n) is 1.30. The van der Waals surface area contributed by atoms with Gasteiger partial charge in [0.25, 0.3) is 0 Å². The van der Waals surface area contributed by atoms with E-state index >= 15 is 0 Å². The molecular formula is C6H12NS. The molecule has 0 amide bonds. The zero-order chi connectivity index (χ0) is 5.82. The Morgan fingerprint density at radius 3 is 3.00 bits per heavy atom. The molecule has 1 radical (unpaired) electrons. The van der Waals surface area contributed by atoms with Gasteiger partial charge in [-0.2, -0.15) is 0 Å². The standard InChI is InChI=1S/C6H12NS/c1-2-3-7-4-5-8-6-7/h1-6H2. The highest BCUT2D eigenvalue weighted by atomic mass is 32.2. The van der Waals surface area contributed by atoms with Crippen molar-refractivity contribution in [3.63, 3.8) is 0 Å². The zero-order valence-corrected chi connectivity index (χ0v) is 5.91. The van der Waals surface area contributed by atoms with E-state index in [0.29, 0.717) is 0 Å². The van der Waals surface area contributed by atoms with Gasteiger partial charge in [-0.25, -0.2) is 0 Å². The van der Waals surface area contributed by atoms with E-state index in [-0.39, 0.29) is 0 Å². The summed E-state index contributed by atoms with van der Waals surface area (Å²) in [4.78, 5) is 2.44. The van der Waals surface area contributed by atoms with Crippen molar-refractivity contribution < 1.29 is 0 Å². The normalized spacial score (nSPS) is 22.1. The minimum absolute atomic E-state index is 1.06. The van der Waals surface area contributed by atoms with Crippen molar-refractivity contribution in [1.82, 2.24) is 4.90 Å². The topological polar surface area (TPSA) is 3.24 Å². The molecule has 0 unspecified atom stereocenters. The molecule has 1 saturated heterocycles. The molecule has 0 spiro atoms. The molecule has 0 bridgehead atoms. The molecule has 2 heteroatoms. The number of hydrogen-bond donors (Lipinski definition) is 0. The summed E-state index contributed by atoms with van der Waals surface area (Å²) in [7, 11) is 0. The van der Waals surface area contributed by atoms with Crippen LogP contribution in [0.1, 0.15) is 6.42 Å². The molecule has 1 fully saturated rings. The fourth-order valence-corrected chi connectivity index (χ4v) is 1.88. The zero-order valence-electron chi connectivity index (χ0n) is 5.10.